The lowest BCUT2D eigenvalue weighted by Gasteiger charge is -2.22. The molecule has 0 aliphatic rings. The van der Waals surface area contributed by atoms with E-state index in [1.807, 2.05) is 0 Å². The minimum atomic E-state index is 0.157. The predicted molar refractivity (Wildman–Crippen MR) is 116 cm³/mol. The summed E-state index contributed by atoms with van der Waals surface area (Å²) in [5.74, 6) is 0.394. The van der Waals surface area contributed by atoms with Crippen molar-refractivity contribution in [3.05, 3.63) is 83.4 Å². The maximum absolute atomic E-state index is 4.10. The van der Waals surface area contributed by atoms with E-state index in [1.54, 1.807) is 0 Å². The summed E-state index contributed by atoms with van der Waals surface area (Å²) >= 11 is 0. The number of aryl methyl sites for hydroxylation is 1. The zero-order valence-corrected chi connectivity index (χ0v) is 17.0. The van der Waals surface area contributed by atoms with Crippen LogP contribution in [0.5, 0.6) is 0 Å². The van der Waals surface area contributed by atoms with Crippen molar-refractivity contribution >= 4 is 10.8 Å². The Bertz CT molecular complexity index is 967. The molecule has 0 nitrogen and oxygen atoms in total. The van der Waals surface area contributed by atoms with Gasteiger partial charge in [0.05, 0.1) is 0 Å². The molecule has 0 saturated heterocycles. The number of hydrogen-bond acceptors (Lipinski definition) is 0. The van der Waals surface area contributed by atoms with Gasteiger partial charge in [0.15, 0.2) is 0 Å². The normalized spacial score (nSPS) is 13.0. The smallest absolute Gasteiger partial charge is 0.00145 e. The fraction of sp³-hybridized carbons (Fsp3) is 0.308. The highest BCUT2D eigenvalue weighted by atomic mass is 14.2. The third kappa shape index (κ3) is 3.60. The first kappa shape index (κ1) is 18.5. The molecule has 0 aliphatic heterocycles. The number of fused-ring (bicyclic) bond motifs is 1. The lowest BCUT2D eigenvalue weighted by Crippen LogP contribution is -2.13. The van der Waals surface area contributed by atoms with Crippen LogP contribution >= 0.6 is 0 Å². The molecule has 134 valence electrons. The molecule has 0 amide bonds. The van der Waals surface area contributed by atoms with Crippen LogP contribution in [0.2, 0.25) is 0 Å². The van der Waals surface area contributed by atoms with Gasteiger partial charge in [0.1, 0.15) is 0 Å². The topological polar surface area (TPSA) is 0 Å². The van der Waals surface area contributed by atoms with E-state index in [1.165, 1.54) is 44.2 Å². The van der Waals surface area contributed by atoms with Gasteiger partial charge in [-0.3, -0.25) is 0 Å². The van der Waals surface area contributed by atoms with Crippen molar-refractivity contribution in [3.8, 4) is 11.1 Å². The highest BCUT2D eigenvalue weighted by Crippen LogP contribution is 2.32. The molecule has 0 aliphatic carbocycles. The van der Waals surface area contributed by atoms with E-state index >= 15 is 0 Å². The van der Waals surface area contributed by atoms with Crippen molar-refractivity contribution in [2.24, 2.45) is 0 Å². The Morgan fingerprint density at radius 2 is 1.42 bits per heavy atom. The Morgan fingerprint density at radius 3 is 2.08 bits per heavy atom. The van der Waals surface area contributed by atoms with Crippen molar-refractivity contribution < 1.29 is 0 Å². The fourth-order valence-corrected chi connectivity index (χ4v) is 3.61. The quantitative estimate of drug-likeness (QED) is 0.426. The summed E-state index contributed by atoms with van der Waals surface area (Å²) in [4.78, 5) is 0. The van der Waals surface area contributed by atoms with Crippen molar-refractivity contribution in [2.45, 2.75) is 52.9 Å². The standard InChI is InChI=1S/C26H30/c1-17(2)19(4)20-10-11-22-15-23(13-12-21(22)14-20)24-9-8-18(3)25(16-24)26(5,6)7/h8-16,19H,1H2,2-7H3. The first-order valence-corrected chi connectivity index (χ1v) is 9.47. The van der Waals surface area contributed by atoms with Crippen molar-refractivity contribution in [2.75, 3.05) is 0 Å². The van der Waals surface area contributed by atoms with Crippen LogP contribution in [0.15, 0.2) is 66.7 Å². The predicted octanol–water partition coefficient (Wildman–Crippen LogP) is 7.79. The number of hydrogen-bond donors (Lipinski definition) is 0. The number of rotatable bonds is 3. The summed E-state index contributed by atoms with van der Waals surface area (Å²) in [6, 6.07) is 20.4. The van der Waals surface area contributed by atoms with Crippen LogP contribution in [0, 0.1) is 6.92 Å². The SMILES string of the molecule is C=C(C)C(C)c1ccc2cc(-c3ccc(C)c(C(C)(C)C)c3)ccc2c1. The zero-order chi connectivity index (χ0) is 19.1. The van der Waals surface area contributed by atoms with E-state index in [-0.39, 0.29) is 5.41 Å². The van der Waals surface area contributed by atoms with Gasteiger partial charge in [-0.05, 0) is 63.9 Å². The summed E-state index contributed by atoms with van der Waals surface area (Å²) in [5.41, 5.74) is 8.05. The molecular formula is C26H30. The summed E-state index contributed by atoms with van der Waals surface area (Å²) in [6.07, 6.45) is 0. The second kappa shape index (κ2) is 6.76. The van der Waals surface area contributed by atoms with E-state index in [9.17, 15) is 0 Å². The molecule has 0 heterocycles. The molecule has 3 aromatic rings. The summed E-state index contributed by atoms with van der Waals surface area (Å²) in [6.45, 7) is 17.5. The van der Waals surface area contributed by atoms with Gasteiger partial charge in [-0.25, -0.2) is 0 Å². The first-order valence-electron chi connectivity index (χ1n) is 9.47. The van der Waals surface area contributed by atoms with Gasteiger partial charge in [0, 0.05) is 5.92 Å². The van der Waals surface area contributed by atoms with Gasteiger partial charge in [0.25, 0.3) is 0 Å². The minimum Gasteiger partial charge on any atom is -0.0995 e. The van der Waals surface area contributed by atoms with E-state index in [0.29, 0.717) is 5.92 Å². The molecule has 0 fully saturated rings. The molecule has 0 spiro atoms. The van der Waals surface area contributed by atoms with Crippen LogP contribution in [0.1, 0.15) is 57.2 Å². The van der Waals surface area contributed by atoms with E-state index in [0.717, 1.165) is 0 Å². The molecule has 0 heteroatoms. The lowest BCUT2D eigenvalue weighted by atomic mass is 9.82. The second-order valence-corrected chi connectivity index (χ2v) is 8.67. The molecule has 0 radical (unpaired) electrons. The molecule has 3 aromatic carbocycles. The summed E-state index contributed by atoms with van der Waals surface area (Å²) in [5, 5.41) is 2.58. The monoisotopic (exact) mass is 342 g/mol. The Labute approximate surface area is 158 Å². The maximum atomic E-state index is 4.10. The molecule has 0 bridgehead atoms. The number of allylic oxidation sites excluding steroid dienone is 1. The van der Waals surface area contributed by atoms with E-state index in [2.05, 4.69) is 103 Å². The van der Waals surface area contributed by atoms with Crippen LogP contribution < -0.4 is 0 Å². The van der Waals surface area contributed by atoms with Crippen LogP contribution in [0.3, 0.4) is 0 Å². The molecule has 0 saturated carbocycles. The molecule has 1 unspecified atom stereocenters. The number of benzene rings is 3. The van der Waals surface area contributed by atoms with Crippen molar-refractivity contribution in [3.63, 3.8) is 0 Å². The van der Waals surface area contributed by atoms with Crippen LogP contribution in [-0.2, 0) is 5.41 Å². The molecule has 26 heavy (non-hydrogen) atoms. The zero-order valence-electron chi connectivity index (χ0n) is 17.0. The highest BCUT2D eigenvalue weighted by molar-refractivity contribution is 5.88. The molecular weight excluding hydrogens is 312 g/mol. The van der Waals surface area contributed by atoms with Gasteiger partial charge in [0.2, 0.25) is 0 Å². The second-order valence-electron chi connectivity index (χ2n) is 8.67. The first-order chi connectivity index (χ1) is 12.2. The lowest BCUT2D eigenvalue weighted by molar-refractivity contribution is 0.586. The van der Waals surface area contributed by atoms with Gasteiger partial charge in [-0.1, -0.05) is 88.4 Å². The van der Waals surface area contributed by atoms with E-state index in [4.69, 9.17) is 0 Å². The molecule has 3 rings (SSSR count). The average Bonchev–Trinajstić information content (AvgIpc) is 2.59. The third-order valence-corrected chi connectivity index (χ3v) is 5.48. The minimum absolute atomic E-state index is 0.157. The van der Waals surface area contributed by atoms with Gasteiger partial charge in [-0.2, -0.15) is 0 Å². The Morgan fingerprint density at radius 1 is 0.846 bits per heavy atom. The average molecular weight is 343 g/mol. The third-order valence-electron chi connectivity index (χ3n) is 5.48. The van der Waals surface area contributed by atoms with Gasteiger partial charge < -0.3 is 0 Å². The van der Waals surface area contributed by atoms with E-state index < -0.39 is 0 Å². The summed E-state index contributed by atoms with van der Waals surface area (Å²) < 4.78 is 0. The van der Waals surface area contributed by atoms with Gasteiger partial charge >= 0.3 is 0 Å². The van der Waals surface area contributed by atoms with Crippen molar-refractivity contribution in [1.82, 2.24) is 0 Å². The molecule has 1 atom stereocenters. The molecule has 0 aromatic heterocycles. The molecule has 0 N–H and O–H groups in total. The maximum Gasteiger partial charge on any atom is 0.00145 e. The Balaban J connectivity index is 2.05. The highest BCUT2D eigenvalue weighted by Gasteiger charge is 2.17. The Hall–Kier alpha value is -2.34. The largest absolute Gasteiger partial charge is 0.0995 e. The fourth-order valence-electron chi connectivity index (χ4n) is 3.61. The van der Waals surface area contributed by atoms with Crippen LogP contribution in [0.4, 0.5) is 0 Å². The Kier molecular flexibility index (Phi) is 4.80. The van der Waals surface area contributed by atoms with Crippen molar-refractivity contribution in [1.29, 1.82) is 0 Å². The van der Waals surface area contributed by atoms with Crippen LogP contribution in [0.25, 0.3) is 21.9 Å². The van der Waals surface area contributed by atoms with Gasteiger partial charge in [-0.15, -0.1) is 0 Å². The summed E-state index contributed by atoms with van der Waals surface area (Å²) in [7, 11) is 0. The van der Waals surface area contributed by atoms with Crippen LogP contribution in [-0.4, -0.2) is 0 Å².